The summed E-state index contributed by atoms with van der Waals surface area (Å²) in [5.74, 6) is 4.30. The Bertz CT molecular complexity index is 112. The van der Waals surface area contributed by atoms with Crippen molar-refractivity contribution in [3.8, 4) is 0 Å². The van der Waals surface area contributed by atoms with Gasteiger partial charge in [-0.15, -0.1) is 0 Å². The maximum atomic E-state index is 2.45. The van der Waals surface area contributed by atoms with Crippen LogP contribution in [0.25, 0.3) is 0 Å². The minimum absolute atomic E-state index is 1.05. The lowest BCUT2D eigenvalue weighted by molar-refractivity contribution is 0.0590. The van der Waals surface area contributed by atoms with Gasteiger partial charge in [-0.2, -0.15) is 0 Å². The minimum Gasteiger partial charge on any atom is -0.0622 e. The molecule has 2 bridgehead atoms. The van der Waals surface area contributed by atoms with E-state index in [0.29, 0.717) is 0 Å². The molecule has 0 amide bonds. The fraction of sp³-hybridized carbons (Fsp3) is 1.00. The molecule has 3 aliphatic carbocycles. The van der Waals surface area contributed by atoms with Gasteiger partial charge in [-0.1, -0.05) is 13.8 Å². The molecule has 0 unspecified atom stereocenters. The van der Waals surface area contributed by atoms with Crippen LogP contribution in [0.15, 0.2) is 0 Å². The minimum atomic E-state index is 1.05. The molecule has 0 N–H and O–H groups in total. The molecule has 0 nitrogen and oxygen atoms in total. The molecule has 3 rings (SSSR count). The summed E-state index contributed by atoms with van der Waals surface area (Å²) in [4.78, 5) is 0. The second-order valence-electron chi connectivity index (χ2n) is 4.52. The average molecular weight is 138 g/mol. The highest BCUT2D eigenvalue weighted by atomic mass is 14.4. The van der Waals surface area contributed by atoms with Crippen LogP contribution in [0.2, 0.25) is 0 Å². The molecular weight excluding hydrogens is 120 g/mol. The third kappa shape index (κ3) is 0.889. The largest absolute Gasteiger partial charge is 0.0622 e. The molecule has 3 aliphatic rings. The van der Waals surface area contributed by atoms with Gasteiger partial charge in [0.15, 0.2) is 0 Å². The van der Waals surface area contributed by atoms with E-state index in [9.17, 15) is 0 Å². The molecule has 3 saturated carbocycles. The molecule has 0 saturated heterocycles. The van der Waals surface area contributed by atoms with Crippen molar-refractivity contribution >= 4 is 0 Å². The fourth-order valence-electron chi connectivity index (χ4n) is 3.04. The Morgan fingerprint density at radius 1 is 0.800 bits per heavy atom. The predicted molar refractivity (Wildman–Crippen MR) is 43.8 cm³/mol. The summed E-state index contributed by atoms with van der Waals surface area (Å²) in [5.41, 5.74) is 0. The maximum absolute atomic E-state index is 2.45. The van der Waals surface area contributed by atoms with E-state index in [1.807, 2.05) is 0 Å². The molecule has 58 valence electrons. The molecular formula is C10H18. The van der Waals surface area contributed by atoms with Crippen molar-refractivity contribution in [1.29, 1.82) is 0 Å². The Morgan fingerprint density at radius 3 is 1.40 bits per heavy atom. The lowest BCUT2D eigenvalue weighted by Crippen LogP contribution is -2.34. The Labute approximate surface area is 64.0 Å². The molecule has 0 spiro atoms. The second kappa shape index (κ2) is 2.25. The summed E-state index contributed by atoms with van der Waals surface area (Å²) < 4.78 is 0. The van der Waals surface area contributed by atoms with Crippen molar-refractivity contribution in [3.05, 3.63) is 0 Å². The third-order valence-electron chi connectivity index (χ3n) is 3.87. The van der Waals surface area contributed by atoms with E-state index in [1.165, 1.54) is 25.7 Å². The van der Waals surface area contributed by atoms with Crippen LogP contribution in [-0.4, -0.2) is 0 Å². The SMILES string of the molecule is C[C@H]1C[C@H]2CC[C@@H]1C[C@@H]2C. The predicted octanol–water partition coefficient (Wildman–Crippen LogP) is 3.08. The molecule has 4 atom stereocenters. The van der Waals surface area contributed by atoms with Gasteiger partial charge >= 0.3 is 0 Å². The standard InChI is InChI=1S/C10H18/c1-7-5-10-4-3-9(7)6-8(10)2/h7-10H,3-6H2,1-2H3/t7-,8-,9+,10+/m0/s1. The fourth-order valence-corrected chi connectivity index (χ4v) is 3.04. The Kier molecular flexibility index (Phi) is 1.51. The zero-order chi connectivity index (χ0) is 7.14. The highest BCUT2D eigenvalue weighted by molar-refractivity contribution is 4.87. The lowest BCUT2D eigenvalue weighted by atomic mass is 9.61. The van der Waals surface area contributed by atoms with Crippen LogP contribution in [0, 0.1) is 23.7 Å². The second-order valence-corrected chi connectivity index (χ2v) is 4.52. The van der Waals surface area contributed by atoms with E-state index in [0.717, 1.165) is 23.7 Å². The highest BCUT2D eigenvalue weighted by Crippen LogP contribution is 2.47. The number of hydrogen-bond acceptors (Lipinski definition) is 0. The summed E-state index contributed by atoms with van der Waals surface area (Å²) in [5, 5.41) is 0. The topological polar surface area (TPSA) is 0 Å². The van der Waals surface area contributed by atoms with E-state index in [1.54, 1.807) is 0 Å². The van der Waals surface area contributed by atoms with Gasteiger partial charge in [0.25, 0.3) is 0 Å². The van der Waals surface area contributed by atoms with Crippen molar-refractivity contribution in [2.24, 2.45) is 23.7 Å². The van der Waals surface area contributed by atoms with Crippen LogP contribution in [0.5, 0.6) is 0 Å². The smallest absolute Gasteiger partial charge is 0.0386 e. The van der Waals surface area contributed by atoms with E-state index >= 15 is 0 Å². The molecule has 0 aliphatic heterocycles. The summed E-state index contributed by atoms with van der Waals surface area (Å²) >= 11 is 0. The van der Waals surface area contributed by atoms with Crippen LogP contribution in [0.3, 0.4) is 0 Å². The van der Waals surface area contributed by atoms with Crippen molar-refractivity contribution in [3.63, 3.8) is 0 Å². The zero-order valence-electron chi connectivity index (χ0n) is 7.14. The highest BCUT2D eigenvalue weighted by Gasteiger charge is 2.37. The molecule has 0 heterocycles. The number of hydrogen-bond donors (Lipinski definition) is 0. The van der Waals surface area contributed by atoms with Crippen LogP contribution in [0.1, 0.15) is 39.5 Å². The van der Waals surface area contributed by atoms with Gasteiger partial charge in [-0.3, -0.25) is 0 Å². The zero-order valence-corrected chi connectivity index (χ0v) is 7.14. The first kappa shape index (κ1) is 6.69. The van der Waals surface area contributed by atoms with Crippen molar-refractivity contribution in [2.75, 3.05) is 0 Å². The monoisotopic (exact) mass is 138 g/mol. The van der Waals surface area contributed by atoms with E-state index in [2.05, 4.69) is 13.8 Å². The Balaban J connectivity index is 2.09. The Morgan fingerprint density at radius 2 is 1.20 bits per heavy atom. The van der Waals surface area contributed by atoms with Crippen LogP contribution in [-0.2, 0) is 0 Å². The van der Waals surface area contributed by atoms with E-state index in [4.69, 9.17) is 0 Å². The first-order valence-electron chi connectivity index (χ1n) is 4.77. The molecule has 0 aromatic rings. The number of fused-ring (bicyclic) bond motifs is 3. The van der Waals surface area contributed by atoms with Crippen LogP contribution < -0.4 is 0 Å². The molecule has 0 aromatic heterocycles. The summed E-state index contributed by atoms with van der Waals surface area (Å²) in [6, 6.07) is 0. The molecule has 0 aromatic carbocycles. The molecule has 3 fully saturated rings. The maximum Gasteiger partial charge on any atom is -0.0386 e. The Hall–Kier alpha value is 0. The molecule has 10 heavy (non-hydrogen) atoms. The molecule has 0 heteroatoms. The first-order valence-corrected chi connectivity index (χ1v) is 4.77. The van der Waals surface area contributed by atoms with Gasteiger partial charge in [-0.05, 0) is 49.4 Å². The van der Waals surface area contributed by atoms with Gasteiger partial charge < -0.3 is 0 Å². The lowest BCUT2D eigenvalue weighted by Gasteiger charge is -2.45. The van der Waals surface area contributed by atoms with Gasteiger partial charge in [0.2, 0.25) is 0 Å². The summed E-state index contributed by atoms with van der Waals surface area (Å²) in [6.07, 6.45) is 6.14. The number of rotatable bonds is 0. The molecule has 0 radical (unpaired) electrons. The van der Waals surface area contributed by atoms with Gasteiger partial charge in [0.05, 0.1) is 0 Å². The van der Waals surface area contributed by atoms with Gasteiger partial charge in [0.1, 0.15) is 0 Å². The third-order valence-corrected chi connectivity index (χ3v) is 3.87. The van der Waals surface area contributed by atoms with Crippen molar-refractivity contribution in [2.45, 2.75) is 39.5 Å². The first-order chi connectivity index (χ1) is 4.77. The summed E-state index contributed by atoms with van der Waals surface area (Å²) in [7, 11) is 0. The van der Waals surface area contributed by atoms with Gasteiger partial charge in [-0.25, -0.2) is 0 Å². The quantitative estimate of drug-likeness (QED) is 0.482. The van der Waals surface area contributed by atoms with Crippen molar-refractivity contribution in [1.82, 2.24) is 0 Å². The summed E-state index contributed by atoms with van der Waals surface area (Å²) in [6.45, 7) is 4.89. The van der Waals surface area contributed by atoms with E-state index < -0.39 is 0 Å². The normalized spacial score (nSPS) is 53.4. The average Bonchev–Trinajstić information content (AvgIpc) is 1.91. The van der Waals surface area contributed by atoms with E-state index in [-0.39, 0.29) is 0 Å². The van der Waals surface area contributed by atoms with Crippen molar-refractivity contribution < 1.29 is 0 Å². The van der Waals surface area contributed by atoms with Crippen LogP contribution >= 0.6 is 0 Å². The van der Waals surface area contributed by atoms with Crippen LogP contribution in [0.4, 0.5) is 0 Å². The van der Waals surface area contributed by atoms with Gasteiger partial charge in [0, 0.05) is 0 Å².